The molecule has 0 amide bonds. The normalized spacial score (nSPS) is 18.3. The highest BCUT2D eigenvalue weighted by molar-refractivity contribution is 5.82. The van der Waals surface area contributed by atoms with Crippen LogP contribution in [-0.2, 0) is 15.7 Å². The Bertz CT molecular complexity index is 1190. The van der Waals surface area contributed by atoms with Gasteiger partial charge in [0, 0.05) is 6.07 Å². The molecule has 0 spiro atoms. The molecule has 32 heavy (non-hydrogen) atoms. The van der Waals surface area contributed by atoms with Crippen molar-refractivity contribution in [2.24, 2.45) is 5.92 Å². The Labute approximate surface area is 180 Å². The Morgan fingerprint density at radius 1 is 1.09 bits per heavy atom. The first kappa shape index (κ1) is 21.9. The number of ether oxygens (including phenoxy) is 2. The molecule has 168 valence electrons. The first-order valence-electron chi connectivity index (χ1n) is 9.94. The Balaban J connectivity index is 1.53. The van der Waals surface area contributed by atoms with Gasteiger partial charge in [0.25, 0.3) is 0 Å². The van der Waals surface area contributed by atoms with Crippen LogP contribution in [0.5, 0.6) is 5.75 Å². The number of hydrogen-bond acceptors (Lipinski definition) is 5. The van der Waals surface area contributed by atoms with Crippen molar-refractivity contribution in [3.63, 3.8) is 0 Å². The molecule has 0 atom stereocenters. The molecule has 1 aliphatic carbocycles. The number of hydrogen-bond donors (Lipinski definition) is 1. The van der Waals surface area contributed by atoms with Crippen LogP contribution in [0.1, 0.15) is 18.4 Å². The van der Waals surface area contributed by atoms with E-state index in [9.17, 15) is 22.8 Å². The molecule has 3 aromatic rings. The van der Waals surface area contributed by atoms with Gasteiger partial charge in [-0.2, -0.15) is 13.2 Å². The Morgan fingerprint density at radius 3 is 2.56 bits per heavy atom. The van der Waals surface area contributed by atoms with Crippen molar-refractivity contribution < 1.29 is 37.0 Å². The van der Waals surface area contributed by atoms with Crippen molar-refractivity contribution in [3.8, 4) is 17.1 Å². The number of halogens is 3. The third-order valence-corrected chi connectivity index (χ3v) is 5.35. The maximum absolute atomic E-state index is 13.4. The molecule has 1 saturated carbocycles. The molecule has 0 radical (unpaired) electrons. The van der Waals surface area contributed by atoms with E-state index in [1.54, 1.807) is 24.3 Å². The van der Waals surface area contributed by atoms with Gasteiger partial charge in [0.05, 0.1) is 35.1 Å². The maximum atomic E-state index is 13.4. The van der Waals surface area contributed by atoms with Crippen LogP contribution in [0.2, 0.25) is 0 Å². The van der Waals surface area contributed by atoms with E-state index in [1.807, 2.05) is 0 Å². The van der Waals surface area contributed by atoms with Crippen LogP contribution in [0, 0.1) is 5.92 Å². The van der Waals surface area contributed by atoms with Gasteiger partial charge in [0.15, 0.2) is 11.0 Å². The van der Waals surface area contributed by atoms with Crippen molar-refractivity contribution in [2.45, 2.75) is 25.1 Å². The minimum Gasteiger partial charge on any atom is -0.490 e. The zero-order valence-electron chi connectivity index (χ0n) is 16.7. The number of carbonyl (C=O) groups is 1. The molecule has 0 aliphatic heterocycles. The van der Waals surface area contributed by atoms with E-state index >= 15 is 0 Å². The quantitative estimate of drug-likeness (QED) is 0.526. The van der Waals surface area contributed by atoms with Gasteiger partial charge in [0.1, 0.15) is 18.1 Å². The number of rotatable bonds is 7. The van der Waals surface area contributed by atoms with Gasteiger partial charge in [-0.25, -0.2) is 0 Å². The largest absolute Gasteiger partial charge is 0.490 e. The van der Waals surface area contributed by atoms with Crippen LogP contribution in [0.15, 0.2) is 57.7 Å². The molecular weight excluding hydrogens is 429 g/mol. The van der Waals surface area contributed by atoms with E-state index in [4.69, 9.17) is 19.0 Å². The number of carboxylic acid groups (broad SMARTS) is 1. The molecule has 6 nitrogen and oxygen atoms in total. The van der Waals surface area contributed by atoms with Crippen molar-refractivity contribution in [1.29, 1.82) is 0 Å². The van der Waals surface area contributed by atoms with E-state index in [2.05, 4.69) is 0 Å². The molecular formula is C23H19F3O6. The summed E-state index contributed by atoms with van der Waals surface area (Å²) in [7, 11) is 0. The number of aliphatic carboxylic acids is 1. The van der Waals surface area contributed by atoms with Crippen LogP contribution in [0.3, 0.4) is 0 Å². The highest BCUT2D eigenvalue weighted by Crippen LogP contribution is 2.37. The standard InChI is InChI=1S/C23H19F3O6/c24-23(25,26)17-6-3-5-15-18(27)12-20(32-21(15)17)16-4-1-2-7-19(16)31-9-8-30-14-10-13(11-14)22(28)29/h1-7,12-14H,8-11H2,(H,28,29)/t13-,14+. The van der Waals surface area contributed by atoms with Crippen molar-refractivity contribution in [3.05, 3.63) is 64.3 Å². The number of alkyl halides is 3. The fourth-order valence-corrected chi connectivity index (χ4v) is 3.60. The lowest BCUT2D eigenvalue weighted by molar-refractivity contribution is -0.151. The third kappa shape index (κ3) is 4.47. The highest BCUT2D eigenvalue weighted by Gasteiger charge is 2.35. The second-order valence-corrected chi connectivity index (χ2v) is 7.50. The van der Waals surface area contributed by atoms with Gasteiger partial charge in [-0.1, -0.05) is 18.2 Å². The van der Waals surface area contributed by atoms with Crippen molar-refractivity contribution >= 4 is 16.9 Å². The van der Waals surface area contributed by atoms with Crippen LogP contribution in [-0.4, -0.2) is 30.4 Å². The summed E-state index contributed by atoms with van der Waals surface area (Å²) < 4.78 is 57.0. The second-order valence-electron chi connectivity index (χ2n) is 7.50. The van der Waals surface area contributed by atoms with Gasteiger partial charge in [0.2, 0.25) is 0 Å². The van der Waals surface area contributed by atoms with Gasteiger partial charge in [-0.3, -0.25) is 9.59 Å². The molecule has 1 aliphatic rings. The zero-order valence-corrected chi connectivity index (χ0v) is 16.7. The fourth-order valence-electron chi connectivity index (χ4n) is 3.60. The van der Waals surface area contributed by atoms with E-state index in [1.165, 1.54) is 12.1 Å². The average Bonchev–Trinajstić information content (AvgIpc) is 2.71. The van der Waals surface area contributed by atoms with Crippen LogP contribution in [0.25, 0.3) is 22.3 Å². The van der Waals surface area contributed by atoms with Gasteiger partial charge in [-0.15, -0.1) is 0 Å². The van der Waals surface area contributed by atoms with Crippen molar-refractivity contribution in [2.75, 3.05) is 13.2 Å². The van der Waals surface area contributed by atoms with E-state index in [-0.39, 0.29) is 36.4 Å². The summed E-state index contributed by atoms with van der Waals surface area (Å²) in [4.78, 5) is 23.3. The first-order valence-corrected chi connectivity index (χ1v) is 9.94. The first-order chi connectivity index (χ1) is 15.2. The third-order valence-electron chi connectivity index (χ3n) is 5.35. The van der Waals surface area contributed by atoms with Crippen molar-refractivity contribution in [1.82, 2.24) is 0 Å². The maximum Gasteiger partial charge on any atom is 0.420 e. The molecule has 0 bridgehead atoms. The smallest absolute Gasteiger partial charge is 0.420 e. The van der Waals surface area contributed by atoms with Gasteiger partial charge < -0.3 is 19.0 Å². The predicted octanol–water partition coefficient (Wildman–Crippen LogP) is 4.74. The summed E-state index contributed by atoms with van der Waals surface area (Å²) >= 11 is 0. The summed E-state index contributed by atoms with van der Waals surface area (Å²) in [6.07, 6.45) is -3.90. The summed E-state index contributed by atoms with van der Waals surface area (Å²) in [5, 5.41) is 8.73. The Kier molecular flexibility index (Phi) is 5.92. The molecule has 1 heterocycles. The lowest BCUT2D eigenvalue weighted by Gasteiger charge is -2.32. The zero-order chi connectivity index (χ0) is 22.9. The van der Waals surface area contributed by atoms with E-state index < -0.39 is 28.7 Å². The lowest BCUT2D eigenvalue weighted by atomic mass is 9.82. The number of fused-ring (bicyclic) bond motifs is 1. The van der Waals surface area contributed by atoms with Crippen LogP contribution in [0.4, 0.5) is 13.2 Å². The molecule has 4 rings (SSSR count). The Hall–Kier alpha value is -3.33. The minimum atomic E-state index is -4.68. The number of carboxylic acids is 1. The fraction of sp³-hybridized carbons (Fsp3) is 0.304. The molecule has 0 unspecified atom stereocenters. The minimum absolute atomic E-state index is 0.0426. The highest BCUT2D eigenvalue weighted by atomic mass is 19.4. The van der Waals surface area contributed by atoms with Gasteiger partial charge >= 0.3 is 12.1 Å². The van der Waals surface area contributed by atoms with Crippen LogP contribution >= 0.6 is 0 Å². The number of para-hydroxylation sites is 2. The summed E-state index contributed by atoms with van der Waals surface area (Å²) in [6.45, 7) is 0.349. The SMILES string of the molecule is O=c1cc(-c2ccccc2OCCO[C@H]2C[C@@H](C(=O)O)C2)oc2c(C(F)(F)F)cccc12. The molecule has 1 fully saturated rings. The molecule has 2 aromatic carbocycles. The van der Waals surface area contributed by atoms with E-state index in [0.29, 0.717) is 24.2 Å². The monoisotopic (exact) mass is 448 g/mol. The molecule has 1 aromatic heterocycles. The topological polar surface area (TPSA) is 86.0 Å². The molecule has 0 saturated heterocycles. The van der Waals surface area contributed by atoms with Gasteiger partial charge in [-0.05, 0) is 37.1 Å². The molecule has 9 heteroatoms. The predicted molar refractivity (Wildman–Crippen MR) is 109 cm³/mol. The average molecular weight is 448 g/mol. The summed E-state index contributed by atoms with van der Waals surface area (Å²) in [5.41, 5.74) is -1.82. The summed E-state index contributed by atoms with van der Waals surface area (Å²) in [6, 6.07) is 11.0. The van der Waals surface area contributed by atoms with Crippen LogP contribution < -0.4 is 10.2 Å². The lowest BCUT2D eigenvalue weighted by Crippen LogP contribution is -2.37. The molecule has 1 N–H and O–H groups in total. The summed E-state index contributed by atoms with van der Waals surface area (Å²) in [5.74, 6) is -0.932. The second kappa shape index (κ2) is 8.66. The number of benzene rings is 2. The van der Waals surface area contributed by atoms with E-state index in [0.717, 1.165) is 12.1 Å². The Morgan fingerprint density at radius 2 is 1.84 bits per heavy atom.